The number of aryl methyl sites for hydroxylation is 1. The van der Waals surface area contributed by atoms with Gasteiger partial charge in [-0.25, -0.2) is 8.42 Å². The number of sulfonamides is 1. The van der Waals surface area contributed by atoms with Gasteiger partial charge < -0.3 is 9.64 Å². The van der Waals surface area contributed by atoms with Crippen LogP contribution in [0.2, 0.25) is 0 Å². The molecule has 0 aliphatic rings. The number of hydrogen-bond donors (Lipinski definition) is 0. The van der Waals surface area contributed by atoms with Gasteiger partial charge in [0, 0.05) is 26.2 Å². The molecule has 31 heavy (non-hydrogen) atoms. The maximum Gasteiger partial charge on any atom is 0.264 e. The second-order valence-corrected chi connectivity index (χ2v) is 9.32. The first-order valence-electron chi connectivity index (χ1n) is 9.76. The smallest absolute Gasteiger partial charge is 0.264 e. The Bertz CT molecular complexity index is 1170. The van der Waals surface area contributed by atoms with Gasteiger partial charge in [-0.05, 0) is 55.0 Å². The highest BCUT2D eigenvalue weighted by Crippen LogP contribution is 2.23. The van der Waals surface area contributed by atoms with Crippen LogP contribution in [0.1, 0.15) is 21.5 Å². The lowest BCUT2D eigenvalue weighted by Gasteiger charge is -2.21. The van der Waals surface area contributed by atoms with Crippen LogP contribution in [-0.2, 0) is 16.6 Å². The molecule has 0 bridgehead atoms. The Labute approximate surface area is 183 Å². The summed E-state index contributed by atoms with van der Waals surface area (Å²) in [5, 5.41) is 0. The topological polar surface area (TPSA) is 66.9 Å². The van der Waals surface area contributed by atoms with Crippen LogP contribution in [-0.4, -0.2) is 40.4 Å². The van der Waals surface area contributed by atoms with Gasteiger partial charge in [-0.3, -0.25) is 9.10 Å². The Morgan fingerprint density at radius 3 is 2.29 bits per heavy atom. The SMILES string of the molecule is COc1cccc(CN(C)C(=O)c2cccc(S(=O)(=O)N(C)c3ccc(C)cc3)c2)c1. The predicted octanol–water partition coefficient (Wildman–Crippen LogP) is 4.10. The molecule has 0 saturated carbocycles. The third-order valence-corrected chi connectivity index (χ3v) is 6.82. The van der Waals surface area contributed by atoms with E-state index in [0.717, 1.165) is 11.1 Å². The molecule has 0 heterocycles. The zero-order chi connectivity index (χ0) is 22.6. The van der Waals surface area contributed by atoms with E-state index >= 15 is 0 Å². The maximum absolute atomic E-state index is 13.1. The molecule has 0 aromatic heterocycles. The van der Waals surface area contributed by atoms with E-state index in [0.29, 0.717) is 23.5 Å². The largest absolute Gasteiger partial charge is 0.497 e. The number of anilines is 1. The minimum absolute atomic E-state index is 0.0659. The van der Waals surface area contributed by atoms with Crippen LogP contribution in [0.25, 0.3) is 0 Å². The molecule has 0 aliphatic heterocycles. The highest BCUT2D eigenvalue weighted by molar-refractivity contribution is 7.92. The number of ether oxygens (including phenoxy) is 1. The molecule has 0 saturated heterocycles. The molecule has 0 aliphatic carbocycles. The molecule has 0 N–H and O–H groups in total. The van der Waals surface area contributed by atoms with Crippen molar-refractivity contribution in [3.8, 4) is 5.75 Å². The van der Waals surface area contributed by atoms with Crippen molar-refractivity contribution in [2.75, 3.05) is 25.5 Å². The van der Waals surface area contributed by atoms with Crippen molar-refractivity contribution >= 4 is 21.6 Å². The summed E-state index contributed by atoms with van der Waals surface area (Å²) < 4.78 is 32.7. The summed E-state index contributed by atoms with van der Waals surface area (Å²) in [4.78, 5) is 14.6. The minimum atomic E-state index is -3.81. The van der Waals surface area contributed by atoms with E-state index < -0.39 is 10.0 Å². The summed E-state index contributed by atoms with van der Waals surface area (Å²) in [5.74, 6) is 0.448. The lowest BCUT2D eigenvalue weighted by Crippen LogP contribution is -2.28. The summed E-state index contributed by atoms with van der Waals surface area (Å²) in [6, 6.07) is 20.8. The first-order valence-corrected chi connectivity index (χ1v) is 11.2. The summed E-state index contributed by atoms with van der Waals surface area (Å²) in [7, 11) is 0.968. The van der Waals surface area contributed by atoms with Gasteiger partial charge in [0.15, 0.2) is 0 Å². The van der Waals surface area contributed by atoms with Crippen molar-refractivity contribution in [1.29, 1.82) is 0 Å². The average molecular weight is 439 g/mol. The quantitative estimate of drug-likeness (QED) is 0.557. The second-order valence-electron chi connectivity index (χ2n) is 7.35. The normalized spacial score (nSPS) is 11.1. The van der Waals surface area contributed by atoms with Gasteiger partial charge in [0.2, 0.25) is 0 Å². The van der Waals surface area contributed by atoms with E-state index in [9.17, 15) is 13.2 Å². The molecule has 6 nitrogen and oxygen atoms in total. The Balaban J connectivity index is 1.82. The van der Waals surface area contributed by atoms with E-state index in [4.69, 9.17) is 4.74 Å². The Morgan fingerprint density at radius 1 is 0.935 bits per heavy atom. The number of rotatable bonds is 7. The van der Waals surface area contributed by atoms with Gasteiger partial charge in [-0.15, -0.1) is 0 Å². The number of hydrogen-bond acceptors (Lipinski definition) is 4. The first-order chi connectivity index (χ1) is 14.7. The summed E-state index contributed by atoms with van der Waals surface area (Å²) in [5.41, 5.74) is 2.82. The fourth-order valence-electron chi connectivity index (χ4n) is 3.18. The molecule has 3 aromatic rings. The van der Waals surface area contributed by atoms with Crippen molar-refractivity contribution in [3.05, 3.63) is 89.5 Å². The highest BCUT2D eigenvalue weighted by Gasteiger charge is 2.23. The van der Waals surface area contributed by atoms with E-state index in [1.165, 1.54) is 23.5 Å². The molecular weight excluding hydrogens is 412 g/mol. The summed E-state index contributed by atoms with van der Waals surface area (Å²) >= 11 is 0. The number of benzene rings is 3. The molecule has 7 heteroatoms. The van der Waals surface area contributed by atoms with Gasteiger partial charge in [0.1, 0.15) is 5.75 Å². The Kier molecular flexibility index (Phi) is 6.65. The standard InChI is InChI=1S/C24H26N2O4S/c1-18-11-13-21(14-12-18)26(3)31(28,29)23-10-6-8-20(16-23)24(27)25(2)17-19-7-5-9-22(15-19)30-4/h5-16H,17H2,1-4H3. The lowest BCUT2D eigenvalue weighted by molar-refractivity contribution is 0.0784. The van der Waals surface area contributed by atoms with Crippen molar-refractivity contribution in [2.24, 2.45) is 0 Å². The van der Waals surface area contributed by atoms with E-state index in [1.54, 1.807) is 43.3 Å². The van der Waals surface area contributed by atoms with Crippen molar-refractivity contribution in [3.63, 3.8) is 0 Å². The van der Waals surface area contributed by atoms with Gasteiger partial charge >= 0.3 is 0 Å². The van der Waals surface area contributed by atoms with Gasteiger partial charge in [-0.1, -0.05) is 35.9 Å². The predicted molar refractivity (Wildman–Crippen MR) is 122 cm³/mol. The number of nitrogens with zero attached hydrogens (tertiary/aromatic N) is 2. The number of amides is 1. The average Bonchev–Trinajstić information content (AvgIpc) is 2.78. The molecule has 0 unspecified atom stereocenters. The monoisotopic (exact) mass is 438 g/mol. The molecule has 1 amide bonds. The zero-order valence-corrected chi connectivity index (χ0v) is 18.9. The Morgan fingerprint density at radius 2 is 1.61 bits per heavy atom. The molecule has 0 radical (unpaired) electrons. The maximum atomic E-state index is 13.1. The fraction of sp³-hybridized carbons (Fsp3) is 0.208. The van der Waals surface area contributed by atoms with Crippen LogP contribution in [0, 0.1) is 6.92 Å². The van der Waals surface area contributed by atoms with Gasteiger partial charge in [0.05, 0.1) is 17.7 Å². The molecule has 0 fully saturated rings. The van der Waals surface area contributed by atoms with E-state index in [-0.39, 0.29) is 10.8 Å². The van der Waals surface area contributed by atoms with E-state index in [1.807, 2.05) is 43.3 Å². The fourth-order valence-corrected chi connectivity index (χ4v) is 4.42. The lowest BCUT2D eigenvalue weighted by atomic mass is 10.1. The van der Waals surface area contributed by atoms with Crippen molar-refractivity contribution in [1.82, 2.24) is 4.90 Å². The van der Waals surface area contributed by atoms with Gasteiger partial charge in [0.25, 0.3) is 15.9 Å². The van der Waals surface area contributed by atoms with E-state index in [2.05, 4.69) is 0 Å². The highest BCUT2D eigenvalue weighted by atomic mass is 32.2. The zero-order valence-electron chi connectivity index (χ0n) is 18.1. The Hall–Kier alpha value is -3.32. The summed E-state index contributed by atoms with van der Waals surface area (Å²) in [6.07, 6.45) is 0. The number of methoxy groups -OCH3 is 1. The molecule has 3 aromatic carbocycles. The molecule has 0 atom stereocenters. The molecule has 3 rings (SSSR count). The molecule has 0 spiro atoms. The number of carbonyl (C=O) groups excluding carboxylic acids is 1. The van der Waals surface area contributed by atoms with Crippen LogP contribution in [0.4, 0.5) is 5.69 Å². The molecule has 162 valence electrons. The van der Waals surface area contributed by atoms with Crippen LogP contribution in [0.3, 0.4) is 0 Å². The van der Waals surface area contributed by atoms with Crippen molar-refractivity contribution in [2.45, 2.75) is 18.4 Å². The number of carbonyl (C=O) groups is 1. The van der Waals surface area contributed by atoms with Crippen LogP contribution in [0.15, 0.2) is 77.7 Å². The second kappa shape index (κ2) is 9.22. The third kappa shape index (κ3) is 5.06. The van der Waals surface area contributed by atoms with Crippen molar-refractivity contribution < 1.29 is 17.9 Å². The van der Waals surface area contributed by atoms with Gasteiger partial charge in [-0.2, -0.15) is 0 Å². The van der Waals surface area contributed by atoms with Crippen LogP contribution in [0.5, 0.6) is 5.75 Å². The molecular formula is C24H26N2O4S. The van der Waals surface area contributed by atoms with Crippen LogP contribution < -0.4 is 9.04 Å². The van der Waals surface area contributed by atoms with Crippen LogP contribution >= 0.6 is 0 Å². The summed E-state index contributed by atoms with van der Waals surface area (Å²) in [6.45, 7) is 2.31. The third-order valence-electron chi connectivity index (χ3n) is 5.04. The minimum Gasteiger partial charge on any atom is -0.497 e. The first kappa shape index (κ1) is 22.4.